The van der Waals surface area contributed by atoms with E-state index in [1.54, 1.807) is 0 Å². The first kappa shape index (κ1) is 31.6. The molecule has 0 aliphatic heterocycles. The zero-order valence-electron chi connectivity index (χ0n) is 21.5. The molecule has 3 N–H and O–H groups in total. The van der Waals surface area contributed by atoms with Crippen LogP contribution in [0.2, 0.25) is 0 Å². The maximum Gasteiger partial charge on any atom is 0.362 e. The van der Waals surface area contributed by atoms with E-state index in [1.165, 1.54) is 57.8 Å². The van der Waals surface area contributed by atoms with Gasteiger partial charge in [-0.1, -0.05) is 82.6 Å². The monoisotopic (exact) mass is 474 g/mol. The van der Waals surface area contributed by atoms with Gasteiger partial charge in [0.2, 0.25) is 5.34 Å². The number of unbranched alkanes of at least 4 members (excludes halogenated alkanes) is 12. The Hall–Kier alpha value is -0.450. The molecule has 0 aromatic heterocycles. The maximum atomic E-state index is 11.8. The molecule has 6 heteroatoms. The highest BCUT2D eigenvalue weighted by atomic mass is 31.2. The Kier molecular flexibility index (Phi) is 17.7. The van der Waals surface area contributed by atoms with E-state index in [1.807, 2.05) is 21.1 Å². The molecule has 0 fully saturated rings. The van der Waals surface area contributed by atoms with Gasteiger partial charge < -0.3 is 19.4 Å². The highest BCUT2D eigenvalue weighted by molar-refractivity contribution is 7.53. The SMILES string of the molecule is CCCCC/C=C\CC/C=C\CCCCCCCCCCC(O)(C[N+](C)(C)C)P(=O)(O)O. The molecule has 0 aromatic rings. The molecule has 0 aromatic carbocycles. The number of aliphatic hydroxyl groups is 1. The summed E-state index contributed by atoms with van der Waals surface area (Å²) in [6.07, 6.45) is 26.9. The Labute approximate surface area is 198 Å². The van der Waals surface area contributed by atoms with Crippen LogP contribution in [-0.4, -0.2) is 52.4 Å². The molecule has 0 saturated heterocycles. The Morgan fingerprint density at radius 1 is 0.688 bits per heavy atom. The van der Waals surface area contributed by atoms with Gasteiger partial charge in [0.1, 0.15) is 6.54 Å². The largest absolute Gasteiger partial charge is 0.373 e. The van der Waals surface area contributed by atoms with Gasteiger partial charge in [0.25, 0.3) is 0 Å². The van der Waals surface area contributed by atoms with Crippen LogP contribution in [0.4, 0.5) is 0 Å². The molecule has 190 valence electrons. The molecule has 0 radical (unpaired) electrons. The van der Waals surface area contributed by atoms with Crippen molar-refractivity contribution < 1.29 is 23.9 Å². The van der Waals surface area contributed by atoms with Crippen LogP contribution in [0.15, 0.2) is 24.3 Å². The molecule has 0 saturated carbocycles. The fraction of sp³-hybridized carbons (Fsp3) is 0.846. The minimum atomic E-state index is -4.55. The molecule has 32 heavy (non-hydrogen) atoms. The number of rotatable bonds is 21. The van der Waals surface area contributed by atoms with E-state index in [-0.39, 0.29) is 13.0 Å². The van der Waals surface area contributed by atoms with Gasteiger partial charge in [0.05, 0.1) is 21.1 Å². The second-order valence-corrected chi connectivity index (χ2v) is 12.3. The summed E-state index contributed by atoms with van der Waals surface area (Å²) in [5.41, 5.74) is 0. The number of nitrogens with zero attached hydrogens (tertiary/aromatic N) is 1. The zero-order chi connectivity index (χ0) is 24.3. The Bertz CT molecular complexity index is 551. The van der Waals surface area contributed by atoms with Crippen LogP contribution in [0, 0.1) is 0 Å². The Balaban J connectivity index is 3.65. The van der Waals surface area contributed by atoms with Gasteiger partial charge in [-0.25, -0.2) is 0 Å². The van der Waals surface area contributed by atoms with Gasteiger partial charge in [-0.2, -0.15) is 0 Å². The summed E-state index contributed by atoms with van der Waals surface area (Å²) >= 11 is 0. The van der Waals surface area contributed by atoms with E-state index in [4.69, 9.17) is 0 Å². The standard InChI is InChI=1S/C26H52NO4P/c1-5-6-7-8-9-10-11-12-13-14-15-16-17-18-19-20-21-22-23-24-26(28,32(29,30)31)25-27(2,3)4/h9-10,13-14,28H,5-8,11-12,15-25H2,1-4H3,(H-,29,30,31)/p+1/b10-9-,14-13-. The van der Waals surface area contributed by atoms with Crippen molar-refractivity contribution >= 4 is 7.60 Å². The average Bonchev–Trinajstić information content (AvgIpc) is 2.67. The average molecular weight is 475 g/mol. The predicted octanol–water partition coefficient (Wildman–Crippen LogP) is 6.93. The lowest BCUT2D eigenvalue weighted by atomic mass is 10.0. The molecule has 1 atom stereocenters. The fourth-order valence-corrected chi connectivity index (χ4v) is 5.04. The van der Waals surface area contributed by atoms with E-state index < -0.39 is 12.9 Å². The van der Waals surface area contributed by atoms with Crippen molar-refractivity contribution in [3.63, 3.8) is 0 Å². The van der Waals surface area contributed by atoms with Gasteiger partial charge >= 0.3 is 7.60 Å². The molecule has 0 spiro atoms. The number of hydrogen-bond donors (Lipinski definition) is 3. The van der Waals surface area contributed by atoms with E-state index in [0.29, 0.717) is 10.9 Å². The van der Waals surface area contributed by atoms with Gasteiger partial charge in [-0.3, -0.25) is 4.57 Å². The van der Waals surface area contributed by atoms with Crippen molar-refractivity contribution in [2.24, 2.45) is 0 Å². The van der Waals surface area contributed by atoms with Crippen LogP contribution in [-0.2, 0) is 4.57 Å². The summed E-state index contributed by atoms with van der Waals surface area (Å²) < 4.78 is 12.1. The first-order valence-electron chi connectivity index (χ1n) is 12.9. The molecule has 0 bridgehead atoms. The third kappa shape index (κ3) is 18.0. The summed E-state index contributed by atoms with van der Waals surface area (Å²) in [7, 11) is 0.966. The van der Waals surface area contributed by atoms with Gasteiger partial charge in [0, 0.05) is 0 Å². The normalized spacial score (nSPS) is 15.1. The van der Waals surface area contributed by atoms with Crippen LogP contribution >= 0.6 is 7.60 Å². The molecule has 0 aliphatic carbocycles. The second-order valence-electron chi connectivity index (χ2n) is 10.4. The maximum absolute atomic E-state index is 11.8. The molecule has 0 amide bonds. The van der Waals surface area contributed by atoms with Crippen molar-refractivity contribution in [3.8, 4) is 0 Å². The molecular formula is C26H53NO4P+. The summed E-state index contributed by atoms with van der Waals surface area (Å²) in [6.45, 7) is 2.30. The van der Waals surface area contributed by atoms with Crippen LogP contribution in [0.1, 0.15) is 110 Å². The van der Waals surface area contributed by atoms with Crippen molar-refractivity contribution in [1.29, 1.82) is 0 Å². The molecular weight excluding hydrogens is 421 g/mol. The van der Waals surface area contributed by atoms with Crippen LogP contribution in [0.25, 0.3) is 0 Å². The number of allylic oxidation sites excluding steroid dienone is 4. The summed E-state index contributed by atoms with van der Waals surface area (Å²) in [5.74, 6) is 0. The third-order valence-electron chi connectivity index (χ3n) is 5.78. The molecule has 5 nitrogen and oxygen atoms in total. The highest BCUT2D eigenvalue weighted by Crippen LogP contribution is 2.52. The molecule has 1 unspecified atom stereocenters. The lowest BCUT2D eigenvalue weighted by Crippen LogP contribution is -2.49. The zero-order valence-corrected chi connectivity index (χ0v) is 22.4. The molecule has 0 rings (SSSR count). The first-order valence-corrected chi connectivity index (χ1v) is 14.5. The van der Waals surface area contributed by atoms with E-state index in [2.05, 4.69) is 31.2 Å². The minimum absolute atomic E-state index is 0.0570. The van der Waals surface area contributed by atoms with Gasteiger partial charge in [0.15, 0.2) is 0 Å². The topological polar surface area (TPSA) is 77.8 Å². The van der Waals surface area contributed by atoms with E-state index in [9.17, 15) is 19.5 Å². The predicted molar refractivity (Wildman–Crippen MR) is 138 cm³/mol. The molecule has 0 aliphatic rings. The minimum Gasteiger partial charge on any atom is -0.373 e. The summed E-state index contributed by atoms with van der Waals surface area (Å²) in [5, 5.41) is 8.63. The number of quaternary nitrogens is 1. The van der Waals surface area contributed by atoms with Gasteiger partial charge in [-0.05, 0) is 51.4 Å². The van der Waals surface area contributed by atoms with Crippen molar-refractivity contribution in [1.82, 2.24) is 0 Å². The quantitative estimate of drug-likeness (QED) is 0.0729. The van der Waals surface area contributed by atoms with Crippen molar-refractivity contribution in [2.45, 2.75) is 115 Å². The van der Waals surface area contributed by atoms with Crippen LogP contribution < -0.4 is 0 Å². The van der Waals surface area contributed by atoms with Crippen LogP contribution in [0.3, 0.4) is 0 Å². The lowest BCUT2D eigenvalue weighted by molar-refractivity contribution is -0.875. The van der Waals surface area contributed by atoms with Crippen LogP contribution in [0.5, 0.6) is 0 Å². The smallest absolute Gasteiger partial charge is 0.362 e. The first-order chi connectivity index (χ1) is 15.0. The lowest BCUT2D eigenvalue weighted by Gasteiger charge is -2.35. The highest BCUT2D eigenvalue weighted by Gasteiger charge is 2.48. The fourth-order valence-electron chi connectivity index (χ4n) is 3.98. The van der Waals surface area contributed by atoms with E-state index in [0.717, 1.165) is 32.1 Å². The Morgan fingerprint density at radius 2 is 1.09 bits per heavy atom. The van der Waals surface area contributed by atoms with Crippen molar-refractivity contribution in [3.05, 3.63) is 24.3 Å². The Morgan fingerprint density at radius 3 is 1.53 bits per heavy atom. The third-order valence-corrected chi connectivity index (χ3v) is 7.22. The second kappa shape index (κ2) is 18.0. The summed E-state index contributed by atoms with van der Waals surface area (Å²) in [4.78, 5) is 19.2. The number of likely N-dealkylation sites (N-methyl/N-ethyl adjacent to an activating group) is 1. The van der Waals surface area contributed by atoms with E-state index >= 15 is 0 Å². The molecule has 0 heterocycles. The van der Waals surface area contributed by atoms with Gasteiger partial charge in [-0.15, -0.1) is 0 Å². The number of hydrogen-bond acceptors (Lipinski definition) is 2. The van der Waals surface area contributed by atoms with Crippen molar-refractivity contribution in [2.75, 3.05) is 27.7 Å². The summed E-state index contributed by atoms with van der Waals surface area (Å²) in [6, 6.07) is 0.